The molecule has 0 unspecified atom stereocenters. The Morgan fingerprint density at radius 2 is 2.04 bits per heavy atom. The van der Waals surface area contributed by atoms with Crippen LogP contribution in [0.25, 0.3) is 0 Å². The Morgan fingerprint density at radius 1 is 1.25 bits per heavy atom. The lowest BCUT2D eigenvalue weighted by atomic mass is 9.93. The molecule has 1 saturated carbocycles. The van der Waals surface area contributed by atoms with Gasteiger partial charge in [0.15, 0.2) is 0 Å². The minimum Gasteiger partial charge on any atom is -0.393 e. The maximum atomic E-state index is 14.3. The van der Waals surface area contributed by atoms with E-state index in [1.54, 1.807) is 18.3 Å². The molecule has 1 aliphatic carbocycles. The number of nitrogens with one attached hydrogen (secondary N) is 2. The van der Waals surface area contributed by atoms with Gasteiger partial charge in [0, 0.05) is 12.2 Å². The SMILES string of the molecule is OC1CCC(Nc2cc(F)c(SNc3ccncn3)cc2Cl)CC1. The summed E-state index contributed by atoms with van der Waals surface area (Å²) in [7, 11) is 0. The van der Waals surface area contributed by atoms with Gasteiger partial charge in [0.1, 0.15) is 18.0 Å². The van der Waals surface area contributed by atoms with E-state index in [1.165, 1.54) is 12.4 Å². The molecule has 0 amide bonds. The topological polar surface area (TPSA) is 70.1 Å². The van der Waals surface area contributed by atoms with Crippen LogP contribution in [-0.4, -0.2) is 27.2 Å². The van der Waals surface area contributed by atoms with Gasteiger partial charge < -0.3 is 15.1 Å². The van der Waals surface area contributed by atoms with E-state index in [9.17, 15) is 9.50 Å². The Balaban J connectivity index is 1.64. The van der Waals surface area contributed by atoms with Gasteiger partial charge in [0.2, 0.25) is 0 Å². The maximum Gasteiger partial charge on any atom is 0.140 e. The summed E-state index contributed by atoms with van der Waals surface area (Å²) in [6.45, 7) is 0. The highest BCUT2D eigenvalue weighted by Crippen LogP contribution is 2.33. The van der Waals surface area contributed by atoms with Crippen molar-refractivity contribution in [1.82, 2.24) is 9.97 Å². The summed E-state index contributed by atoms with van der Waals surface area (Å²) in [6, 6.07) is 4.91. The van der Waals surface area contributed by atoms with E-state index in [0.717, 1.165) is 37.6 Å². The van der Waals surface area contributed by atoms with Gasteiger partial charge in [-0.1, -0.05) is 11.6 Å². The number of hydrogen-bond acceptors (Lipinski definition) is 6. The molecule has 0 atom stereocenters. The highest BCUT2D eigenvalue weighted by atomic mass is 35.5. The molecule has 1 aromatic carbocycles. The molecule has 0 radical (unpaired) electrons. The van der Waals surface area contributed by atoms with Crippen molar-refractivity contribution in [2.75, 3.05) is 10.0 Å². The Morgan fingerprint density at radius 3 is 2.75 bits per heavy atom. The van der Waals surface area contributed by atoms with Crippen molar-refractivity contribution in [1.29, 1.82) is 0 Å². The van der Waals surface area contributed by atoms with Crippen LogP contribution < -0.4 is 10.0 Å². The average molecular weight is 369 g/mol. The summed E-state index contributed by atoms with van der Waals surface area (Å²) in [4.78, 5) is 8.23. The van der Waals surface area contributed by atoms with Crippen molar-refractivity contribution >= 4 is 35.1 Å². The van der Waals surface area contributed by atoms with Crippen LogP contribution in [0.4, 0.5) is 15.9 Å². The van der Waals surface area contributed by atoms with Gasteiger partial charge in [-0.3, -0.25) is 0 Å². The first-order chi connectivity index (χ1) is 11.6. The van der Waals surface area contributed by atoms with Gasteiger partial charge in [0.05, 0.1) is 21.7 Å². The fourth-order valence-electron chi connectivity index (χ4n) is 2.62. The lowest BCUT2D eigenvalue weighted by Crippen LogP contribution is -2.28. The van der Waals surface area contributed by atoms with Crippen molar-refractivity contribution in [2.24, 2.45) is 0 Å². The molecule has 24 heavy (non-hydrogen) atoms. The maximum absolute atomic E-state index is 14.3. The molecule has 1 aromatic heterocycles. The standard InChI is InChI=1S/C16H18ClFN4OS/c17-12-7-15(24-22-16-5-6-19-9-20-16)13(18)8-14(12)21-10-1-3-11(23)4-2-10/h5-11,21,23H,1-4H2,(H,19,20,22). The van der Waals surface area contributed by atoms with E-state index in [4.69, 9.17) is 11.6 Å². The number of hydrogen-bond donors (Lipinski definition) is 3. The number of aromatic nitrogens is 2. The van der Waals surface area contributed by atoms with Crippen LogP contribution in [0.3, 0.4) is 0 Å². The van der Waals surface area contributed by atoms with E-state index in [1.807, 2.05) is 0 Å². The first kappa shape index (κ1) is 17.3. The molecule has 0 spiro atoms. The van der Waals surface area contributed by atoms with Crippen LogP contribution in [0, 0.1) is 5.82 Å². The molecule has 128 valence electrons. The van der Waals surface area contributed by atoms with Gasteiger partial charge >= 0.3 is 0 Å². The van der Waals surface area contributed by atoms with E-state index < -0.39 is 0 Å². The van der Waals surface area contributed by atoms with Gasteiger partial charge in [-0.25, -0.2) is 14.4 Å². The Kier molecular flexibility index (Phi) is 5.76. The van der Waals surface area contributed by atoms with Crippen molar-refractivity contribution in [3.8, 4) is 0 Å². The number of anilines is 2. The summed E-state index contributed by atoms with van der Waals surface area (Å²) in [5.41, 5.74) is 0.585. The summed E-state index contributed by atoms with van der Waals surface area (Å²) in [5, 5.41) is 13.3. The number of benzene rings is 1. The number of aliphatic hydroxyl groups excluding tert-OH is 1. The van der Waals surface area contributed by atoms with Crippen molar-refractivity contribution < 1.29 is 9.50 Å². The molecule has 0 bridgehead atoms. The van der Waals surface area contributed by atoms with Crippen LogP contribution in [0.15, 0.2) is 35.6 Å². The number of rotatable bonds is 5. The second-order valence-corrected chi connectivity index (χ2v) is 6.97. The Hall–Kier alpha value is -1.57. The number of aliphatic hydroxyl groups is 1. The van der Waals surface area contributed by atoms with Crippen molar-refractivity contribution in [3.05, 3.63) is 41.6 Å². The van der Waals surface area contributed by atoms with Crippen LogP contribution in [0.5, 0.6) is 0 Å². The molecule has 1 heterocycles. The Labute approximate surface area is 149 Å². The average Bonchev–Trinajstić information content (AvgIpc) is 2.59. The van der Waals surface area contributed by atoms with E-state index in [-0.39, 0.29) is 18.0 Å². The van der Waals surface area contributed by atoms with Crippen LogP contribution in [-0.2, 0) is 0 Å². The molecular formula is C16H18ClFN4OS. The molecule has 5 nitrogen and oxygen atoms in total. The lowest BCUT2D eigenvalue weighted by Gasteiger charge is -2.27. The smallest absolute Gasteiger partial charge is 0.140 e. The normalized spacial score (nSPS) is 20.6. The molecule has 0 aliphatic heterocycles. The fraction of sp³-hybridized carbons (Fsp3) is 0.375. The zero-order valence-corrected chi connectivity index (χ0v) is 14.4. The van der Waals surface area contributed by atoms with Gasteiger partial charge in [-0.15, -0.1) is 0 Å². The highest BCUT2D eigenvalue weighted by Gasteiger charge is 2.20. The molecule has 2 aromatic rings. The van der Waals surface area contributed by atoms with Crippen LogP contribution in [0.1, 0.15) is 25.7 Å². The summed E-state index contributed by atoms with van der Waals surface area (Å²) >= 11 is 7.39. The van der Waals surface area contributed by atoms with E-state index >= 15 is 0 Å². The van der Waals surface area contributed by atoms with Gasteiger partial charge in [-0.05, 0) is 55.8 Å². The predicted octanol–water partition coefficient (Wildman–Crippen LogP) is 4.10. The zero-order valence-electron chi connectivity index (χ0n) is 12.9. The highest BCUT2D eigenvalue weighted by molar-refractivity contribution is 8.00. The fourth-order valence-corrected chi connectivity index (χ4v) is 3.57. The third-order valence-corrected chi connectivity index (χ3v) is 5.08. The van der Waals surface area contributed by atoms with E-state index in [2.05, 4.69) is 20.0 Å². The third-order valence-electron chi connectivity index (χ3n) is 3.93. The first-order valence-corrected chi connectivity index (χ1v) is 8.94. The molecule has 1 aliphatic rings. The second-order valence-electron chi connectivity index (χ2n) is 5.71. The quantitative estimate of drug-likeness (QED) is 0.690. The second kappa shape index (κ2) is 8.00. The minimum atomic E-state index is -0.357. The molecule has 1 fully saturated rings. The Bertz CT molecular complexity index is 683. The van der Waals surface area contributed by atoms with Gasteiger partial charge in [0.25, 0.3) is 0 Å². The monoisotopic (exact) mass is 368 g/mol. The summed E-state index contributed by atoms with van der Waals surface area (Å²) in [5.74, 6) is 0.234. The zero-order chi connectivity index (χ0) is 16.9. The largest absolute Gasteiger partial charge is 0.393 e. The number of halogens is 2. The predicted molar refractivity (Wildman–Crippen MR) is 94.8 cm³/mol. The third kappa shape index (κ3) is 4.49. The molecule has 3 N–H and O–H groups in total. The molecule has 0 saturated heterocycles. The lowest BCUT2D eigenvalue weighted by molar-refractivity contribution is 0.126. The van der Waals surface area contributed by atoms with Crippen molar-refractivity contribution in [3.63, 3.8) is 0 Å². The van der Waals surface area contributed by atoms with E-state index in [0.29, 0.717) is 21.4 Å². The van der Waals surface area contributed by atoms with Crippen LogP contribution in [0.2, 0.25) is 5.02 Å². The molecule has 8 heteroatoms. The van der Waals surface area contributed by atoms with Crippen LogP contribution >= 0.6 is 23.5 Å². The summed E-state index contributed by atoms with van der Waals surface area (Å²) < 4.78 is 17.3. The molecule has 3 rings (SSSR count). The number of nitrogens with zero attached hydrogens (tertiary/aromatic N) is 2. The first-order valence-electron chi connectivity index (χ1n) is 7.74. The minimum absolute atomic E-state index is 0.211. The summed E-state index contributed by atoms with van der Waals surface area (Å²) in [6.07, 6.45) is 6.02. The van der Waals surface area contributed by atoms with Gasteiger partial charge in [-0.2, -0.15) is 0 Å². The van der Waals surface area contributed by atoms with Crippen molar-refractivity contribution in [2.45, 2.75) is 42.7 Å². The molecular weight excluding hydrogens is 351 g/mol.